The van der Waals surface area contributed by atoms with Gasteiger partial charge >= 0.3 is 6.03 Å². The molecule has 4 heterocycles. The molecule has 2 N–H and O–H groups in total. The lowest BCUT2D eigenvalue weighted by Crippen LogP contribution is -2.50. The number of hydrogen-bond acceptors (Lipinski definition) is 6. The van der Waals surface area contributed by atoms with E-state index in [0.29, 0.717) is 12.5 Å². The van der Waals surface area contributed by atoms with Crippen molar-refractivity contribution in [3.05, 3.63) is 30.1 Å². The van der Waals surface area contributed by atoms with Gasteiger partial charge in [-0.3, -0.25) is 0 Å². The normalized spacial score (nSPS) is 19.5. The van der Waals surface area contributed by atoms with Crippen molar-refractivity contribution in [1.29, 1.82) is 0 Å². The molecule has 2 aliphatic rings. The van der Waals surface area contributed by atoms with Crippen LogP contribution in [0.5, 0.6) is 0 Å². The number of piperidine rings is 1. The molecule has 2 aromatic heterocycles. The lowest BCUT2D eigenvalue weighted by Gasteiger charge is -2.33. The van der Waals surface area contributed by atoms with Gasteiger partial charge in [-0.15, -0.1) is 10.2 Å². The van der Waals surface area contributed by atoms with Gasteiger partial charge in [0.15, 0.2) is 5.82 Å². The highest BCUT2D eigenvalue weighted by Gasteiger charge is 2.23. The predicted octanol–water partition coefficient (Wildman–Crippen LogP) is 0.483. The van der Waals surface area contributed by atoms with Crippen LogP contribution in [0.25, 0.3) is 0 Å². The molecule has 25 heavy (non-hydrogen) atoms. The molecule has 0 aliphatic carbocycles. The Kier molecular flexibility index (Phi) is 4.45. The number of anilines is 1. The number of hydrogen-bond donors (Lipinski definition) is 2. The molecular weight excluding hydrogens is 320 g/mol. The van der Waals surface area contributed by atoms with Crippen LogP contribution in [0, 0.1) is 0 Å². The number of rotatable bonds is 4. The second-order valence-corrected chi connectivity index (χ2v) is 6.45. The van der Waals surface area contributed by atoms with Gasteiger partial charge in [0, 0.05) is 44.5 Å². The summed E-state index contributed by atoms with van der Waals surface area (Å²) in [7, 11) is 0. The summed E-state index contributed by atoms with van der Waals surface area (Å²) in [4.78, 5) is 22.9. The summed E-state index contributed by atoms with van der Waals surface area (Å²) < 4.78 is 2.09. The van der Waals surface area contributed by atoms with Crippen molar-refractivity contribution < 1.29 is 4.79 Å². The minimum Gasteiger partial charge on any atom is -0.339 e. The van der Waals surface area contributed by atoms with Crippen molar-refractivity contribution in [2.45, 2.75) is 44.8 Å². The number of fused-ring (bicyclic) bond motifs is 1. The van der Waals surface area contributed by atoms with E-state index >= 15 is 0 Å². The van der Waals surface area contributed by atoms with Gasteiger partial charge < -0.3 is 20.1 Å². The van der Waals surface area contributed by atoms with Crippen molar-refractivity contribution >= 4 is 12.0 Å². The standard InChI is InChI=1S/C16H22N8O/c25-16(19-10-14-22-21-13-5-2-9-24(13)14)20-12-4-1-8-23(11-12)15-17-6-3-7-18-15/h3,6-7,12H,1-2,4-5,8-11H2,(H2,19,20,25)/t12-/m1/s1. The van der Waals surface area contributed by atoms with Gasteiger partial charge in [-0.1, -0.05) is 0 Å². The van der Waals surface area contributed by atoms with Crippen LogP contribution in [-0.4, -0.2) is 49.9 Å². The molecule has 2 amide bonds. The third-order valence-corrected chi connectivity index (χ3v) is 4.68. The monoisotopic (exact) mass is 342 g/mol. The van der Waals surface area contributed by atoms with Gasteiger partial charge in [0.25, 0.3) is 0 Å². The highest BCUT2D eigenvalue weighted by atomic mass is 16.2. The molecule has 1 saturated heterocycles. The molecule has 0 spiro atoms. The summed E-state index contributed by atoms with van der Waals surface area (Å²) in [6, 6.07) is 1.72. The highest BCUT2D eigenvalue weighted by molar-refractivity contribution is 5.74. The molecule has 132 valence electrons. The second kappa shape index (κ2) is 7.04. The first-order chi connectivity index (χ1) is 12.3. The average molecular weight is 342 g/mol. The second-order valence-electron chi connectivity index (χ2n) is 6.45. The third kappa shape index (κ3) is 3.54. The van der Waals surface area contributed by atoms with E-state index in [0.717, 1.165) is 57.0 Å². The van der Waals surface area contributed by atoms with E-state index in [1.54, 1.807) is 18.5 Å². The summed E-state index contributed by atoms with van der Waals surface area (Å²) in [6.07, 6.45) is 7.51. The maximum absolute atomic E-state index is 12.2. The predicted molar refractivity (Wildman–Crippen MR) is 91.0 cm³/mol. The molecule has 2 aliphatic heterocycles. The topological polar surface area (TPSA) is 101 Å². The first kappa shape index (κ1) is 15.8. The van der Waals surface area contributed by atoms with Crippen LogP contribution in [-0.2, 0) is 19.5 Å². The molecule has 0 saturated carbocycles. The summed E-state index contributed by atoms with van der Waals surface area (Å²) in [5.41, 5.74) is 0. The number of carbonyl (C=O) groups excluding carboxylic acids is 1. The molecule has 0 unspecified atom stereocenters. The van der Waals surface area contributed by atoms with Gasteiger partial charge in [-0.2, -0.15) is 0 Å². The Hall–Kier alpha value is -2.71. The van der Waals surface area contributed by atoms with Crippen LogP contribution in [0.15, 0.2) is 18.5 Å². The lowest BCUT2D eigenvalue weighted by atomic mass is 10.1. The van der Waals surface area contributed by atoms with Crippen molar-refractivity contribution in [2.24, 2.45) is 0 Å². The summed E-state index contributed by atoms with van der Waals surface area (Å²) in [6.45, 7) is 2.97. The highest BCUT2D eigenvalue weighted by Crippen LogP contribution is 2.15. The first-order valence-electron chi connectivity index (χ1n) is 8.77. The number of aryl methyl sites for hydroxylation is 1. The zero-order valence-corrected chi connectivity index (χ0v) is 14.1. The third-order valence-electron chi connectivity index (χ3n) is 4.68. The zero-order chi connectivity index (χ0) is 17.1. The summed E-state index contributed by atoms with van der Waals surface area (Å²) >= 11 is 0. The number of nitrogens with one attached hydrogen (secondary N) is 2. The molecule has 0 radical (unpaired) electrons. The van der Waals surface area contributed by atoms with E-state index in [1.165, 1.54) is 0 Å². The average Bonchev–Trinajstić information content (AvgIpc) is 3.25. The van der Waals surface area contributed by atoms with Gasteiger partial charge in [0.05, 0.1) is 6.54 Å². The Balaban J connectivity index is 1.28. The lowest BCUT2D eigenvalue weighted by molar-refractivity contribution is 0.234. The molecule has 9 heteroatoms. The largest absolute Gasteiger partial charge is 0.339 e. The maximum atomic E-state index is 12.2. The molecule has 0 bridgehead atoms. The quantitative estimate of drug-likeness (QED) is 0.838. The summed E-state index contributed by atoms with van der Waals surface area (Å²) in [5.74, 6) is 2.56. The molecular formula is C16H22N8O. The molecule has 0 aromatic carbocycles. The Bertz CT molecular complexity index is 731. The van der Waals surface area contributed by atoms with Crippen molar-refractivity contribution in [3.63, 3.8) is 0 Å². The Morgan fingerprint density at radius 2 is 2.08 bits per heavy atom. The SMILES string of the molecule is O=C(NCc1nnc2n1CCC2)N[C@@H]1CCCN(c2ncccn2)C1. The maximum Gasteiger partial charge on any atom is 0.315 e. The van der Waals surface area contributed by atoms with Gasteiger partial charge in [-0.05, 0) is 25.3 Å². The Morgan fingerprint density at radius 1 is 1.20 bits per heavy atom. The van der Waals surface area contributed by atoms with Crippen LogP contribution in [0.3, 0.4) is 0 Å². The fourth-order valence-corrected chi connectivity index (χ4v) is 3.47. The van der Waals surface area contributed by atoms with Crippen LogP contribution in [0.2, 0.25) is 0 Å². The van der Waals surface area contributed by atoms with E-state index in [4.69, 9.17) is 0 Å². The van der Waals surface area contributed by atoms with Crippen LogP contribution in [0.4, 0.5) is 10.7 Å². The Morgan fingerprint density at radius 3 is 2.96 bits per heavy atom. The number of urea groups is 1. The van der Waals surface area contributed by atoms with Gasteiger partial charge in [0.1, 0.15) is 5.82 Å². The van der Waals surface area contributed by atoms with E-state index in [1.807, 2.05) is 0 Å². The molecule has 9 nitrogen and oxygen atoms in total. The number of nitrogens with zero attached hydrogens (tertiary/aromatic N) is 6. The minimum absolute atomic E-state index is 0.0849. The van der Waals surface area contributed by atoms with Crippen molar-refractivity contribution in [3.8, 4) is 0 Å². The fraction of sp³-hybridized carbons (Fsp3) is 0.562. The first-order valence-corrected chi connectivity index (χ1v) is 8.77. The van der Waals surface area contributed by atoms with Gasteiger partial charge in [0.2, 0.25) is 5.95 Å². The minimum atomic E-state index is -0.170. The van der Waals surface area contributed by atoms with Crippen LogP contribution < -0.4 is 15.5 Å². The number of aromatic nitrogens is 5. The van der Waals surface area contributed by atoms with Crippen molar-refractivity contribution in [2.75, 3.05) is 18.0 Å². The summed E-state index contributed by atoms with van der Waals surface area (Å²) in [5, 5.41) is 14.2. The number of carbonyl (C=O) groups is 1. The number of amides is 2. The van der Waals surface area contributed by atoms with Crippen LogP contribution >= 0.6 is 0 Å². The molecule has 1 atom stereocenters. The van der Waals surface area contributed by atoms with Crippen molar-refractivity contribution in [1.82, 2.24) is 35.4 Å². The smallest absolute Gasteiger partial charge is 0.315 e. The fourth-order valence-electron chi connectivity index (χ4n) is 3.47. The molecule has 1 fully saturated rings. The van der Waals surface area contributed by atoms with E-state index < -0.39 is 0 Å². The molecule has 4 rings (SSSR count). The van der Waals surface area contributed by atoms with E-state index in [2.05, 4.69) is 40.3 Å². The van der Waals surface area contributed by atoms with Crippen LogP contribution in [0.1, 0.15) is 30.9 Å². The Labute approximate surface area is 145 Å². The molecule has 2 aromatic rings. The van der Waals surface area contributed by atoms with E-state index in [-0.39, 0.29) is 12.1 Å². The van der Waals surface area contributed by atoms with Gasteiger partial charge in [-0.25, -0.2) is 14.8 Å². The zero-order valence-electron chi connectivity index (χ0n) is 14.1. The van der Waals surface area contributed by atoms with E-state index in [9.17, 15) is 4.79 Å².